The minimum Gasteiger partial charge on any atom is -0.494 e. The highest BCUT2D eigenvalue weighted by Crippen LogP contribution is 2.32. The minimum atomic E-state index is 0.677. The number of H-pyrrole nitrogens is 1. The van der Waals surface area contributed by atoms with E-state index < -0.39 is 0 Å². The molecule has 0 saturated carbocycles. The summed E-state index contributed by atoms with van der Waals surface area (Å²) in [5, 5.41) is 23.1. The van der Waals surface area contributed by atoms with Crippen molar-refractivity contribution in [3.05, 3.63) is 41.3 Å². The summed E-state index contributed by atoms with van der Waals surface area (Å²) in [5.74, 6) is 1.44. The van der Waals surface area contributed by atoms with Gasteiger partial charge < -0.3 is 20.3 Å². The number of benzene rings is 1. The molecule has 1 aromatic carbocycles. The lowest BCUT2D eigenvalue weighted by Crippen LogP contribution is -2.25. The standard InChI is InChI=1S/C22H28N6OS/c1-4-28(5-2)12-6-11-24-16-7-9-18(20(13-16)29-3)25-22-14-19(26-27-22)21-10-8-17(15-23)30-21/h7-10,13-14,24H,4-6,11-12H2,1-3H3,(H2,25,26,27). The number of hydrogen-bond donors (Lipinski definition) is 3. The Morgan fingerprint density at radius 1 is 1.20 bits per heavy atom. The summed E-state index contributed by atoms with van der Waals surface area (Å²) in [6.45, 7) is 8.58. The van der Waals surface area contributed by atoms with Crippen molar-refractivity contribution < 1.29 is 4.74 Å². The van der Waals surface area contributed by atoms with Gasteiger partial charge >= 0.3 is 0 Å². The Balaban J connectivity index is 1.61. The average molecular weight is 425 g/mol. The smallest absolute Gasteiger partial charge is 0.152 e. The zero-order valence-electron chi connectivity index (χ0n) is 17.7. The molecular formula is C22H28N6OS. The second kappa shape index (κ2) is 10.7. The van der Waals surface area contributed by atoms with Crippen molar-refractivity contribution in [1.29, 1.82) is 5.26 Å². The SMILES string of the molecule is CCN(CC)CCCNc1ccc(Nc2cc(-c3ccc(C#N)s3)[nH]n2)c(OC)c1. The van der Waals surface area contributed by atoms with Crippen molar-refractivity contribution in [3.8, 4) is 22.4 Å². The molecule has 3 aromatic rings. The van der Waals surface area contributed by atoms with E-state index in [2.05, 4.69) is 45.6 Å². The predicted octanol–water partition coefficient (Wildman–Crippen LogP) is 4.91. The zero-order valence-corrected chi connectivity index (χ0v) is 18.5. The molecule has 0 aliphatic heterocycles. The average Bonchev–Trinajstić information content (AvgIpc) is 3.44. The van der Waals surface area contributed by atoms with Crippen molar-refractivity contribution in [2.75, 3.05) is 43.9 Å². The van der Waals surface area contributed by atoms with Crippen LogP contribution in [0.3, 0.4) is 0 Å². The molecule has 0 unspecified atom stereocenters. The van der Waals surface area contributed by atoms with Gasteiger partial charge in [0.2, 0.25) is 0 Å². The summed E-state index contributed by atoms with van der Waals surface area (Å²) >= 11 is 1.43. The van der Waals surface area contributed by atoms with Gasteiger partial charge in [-0.3, -0.25) is 5.10 Å². The summed E-state index contributed by atoms with van der Waals surface area (Å²) in [5.41, 5.74) is 2.74. The number of aromatic nitrogens is 2. The monoisotopic (exact) mass is 424 g/mol. The molecule has 3 N–H and O–H groups in total. The zero-order chi connectivity index (χ0) is 21.3. The van der Waals surface area contributed by atoms with Crippen LogP contribution >= 0.6 is 11.3 Å². The summed E-state index contributed by atoms with van der Waals surface area (Å²) < 4.78 is 5.56. The molecule has 0 radical (unpaired) electrons. The third-order valence-corrected chi connectivity index (χ3v) is 5.92. The van der Waals surface area contributed by atoms with Crippen LogP contribution in [0.1, 0.15) is 25.1 Å². The molecule has 0 aliphatic rings. The fourth-order valence-electron chi connectivity index (χ4n) is 3.17. The lowest BCUT2D eigenvalue weighted by atomic mass is 10.2. The maximum atomic E-state index is 8.99. The van der Waals surface area contributed by atoms with Crippen LogP contribution in [-0.2, 0) is 0 Å². The number of methoxy groups -OCH3 is 1. The van der Waals surface area contributed by atoms with E-state index in [1.807, 2.05) is 36.4 Å². The van der Waals surface area contributed by atoms with Crippen LogP contribution < -0.4 is 15.4 Å². The lowest BCUT2D eigenvalue weighted by molar-refractivity contribution is 0.303. The largest absolute Gasteiger partial charge is 0.494 e. The van der Waals surface area contributed by atoms with Gasteiger partial charge in [-0.05, 0) is 50.3 Å². The van der Waals surface area contributed by atoms with Gasteiger partial charge in [-0.1, -0.05) is 13.8 Å². The first-order valence-corrected chi connectivity index (χ1v) is 11.0. The number of hydrogen-bond acceptors (Lipinski definition) is 7. The van der Waals surface area contributed by atoms with E-state index in [1.54, 1.807) is 7.11 Å². The first kappa shape index (κ1) is 21.7. The Morgan fingerprint density at radius 2 is 2.03 bits per heavy atom. The molecule has 8 heteroatoms. The van der Waals surface area contributed by atoms with E-state index in [1.165, 1.54) is 11.3 Å². The van der Waals surface area contributed by atoms with Crippen LogP contribution in [0.25, 0.3) is 10.6 Å². The quantitative estimate of drug-likeness (QED) is 0.379. The molecule has 0 bridgehead atoms. The maximum absolute atomic E-state index is 8.99. The molecule has 0 aliphatic carbocycles. The van der Waals surface area contributed by atoms with E-state index in [-0.39, 0.29) is 0 Å². The van der Waals surface area contributed by atoms with Gasteiger partial charge in [0.05, 0.1) is 23.4 Å². The van der Waals surface area contributed by atoms with E-state index >= 15 is 0 Å². The number of ether oxygens (including phenoxy) is 1. The maximum Gasteiger partial charge on any atom is 0.152 e. The first-order chi connectivity index (χ1) is 14.7. The third-order valence-electron chi connectivity index (χ3n) is 4.90. The Labute approximate surface area is 181 Å². The normalized spacial score (nSPS) is 10.8. The van der Waals surface area contributed by atoms with Gasteiger partial charge in [-0.2, -0.15) is 10.4 Å². The molecular weight excluding hydrogens is 396 g/mol. The summed E-state index contributed by atoms with van der Waals surface area (Å²) in [7, 11) is 1.66. The predicted molar refractivity (Wildman–Crippen MR) is 124 cm³/mol. The van der Waals surface area contributed by atoms with E-state index in [0.29, 0.717) is 10.7 Å². The van der Waals surface area contributed by atoms with Crippen molar-refractivity contribution in [1.82, 2.24) is 15.1 Å². The number of anilines is 3. The molecule has 7 nitrogen and oxygen atoms in total. The second-order valence-electron chi connectivity index (χ2n) is 6.79. The van der Waals surface area contributed by atoms with E-state index in [4.69, 9.17) is 10.00 Å². The van der Waals surface area contributed by atoms with Gasteiger partial charge in [0.25, 0.3) is 0 Å². The highest BCUT2D eigenvalue weighted by molar-refractivity contribution is 7.15. The number of rotatable bonds is 11. The summed E-state index contributed by atoms with van der Waals surface area (Å²) in [4.78, 5) is 4.07. The first-order valence-electron chi connectivity index (χ1n) is 10.1. The Bertz CT molecular complexity index is 986. The number of thiophene rings is 1. The number of nitriles is 1. The highest BCUT2D eigenvalue weighted by Gasteiger charge is 2.10. The van der Waals surface area contributed by atoms with Crippen LogP contribution in [-0.4, -0.2) is 48.4 Å². The molecule has 0 saturated heterocycles. The number of aromatic amines is 1. The van der Waals surface area contributed by atoms with Gasteiger partial charge in [0.15, 0.2) is 5.82 Å². The summed E-state index contributed by atoms with van der Waals surface area (Å²) in [6.07, 6.45) is 1.09. The van der Waals surface area contributed by atoms with Crippen molar-refractivity contribution in [2.24, 2.45) is 0 Å². The molecule has 0 atom stereocenters. The third kappa shape index (κ3) is 5.53. The van der Waals surface area contributed by atoms with Crippen molar-refractivity contribution >= 4 is 28.5 Å². The Kier molecular flexibility index (Phi) is 7.71. The van der Waals surface area contributed by atoms with Crippen molar-refractivity contribution in [2.45, 2.75) is 20.3 Å². The lowest BCUT2D eigenvalue weighted by Gasteiger charge is -2.18. The molecule has 2 aromatic heterocycles. The number of nitrogens with zero attached hydrogens (tertiary/aromatic N) is 3. The molecule has 0 fully saturated rings. The van der Waals surface area contributed by atoms with Crippen LogP contribution in [0.4, 0.5) is 17.2 Å². The second-order valence-corrected chi connectivity index (χ2v) is 7.87. The van der Waals surface area contributed by atoms with Gasteiger partial charge in [-0.15, -0.1) is 11.3 Å². The fourth-order valence-corrected chi connectivity index (χ4v) is 3.94. The summed E-state index contributed by atoms with van der Waals surface area (Å²) in [6, 6.07) is 13.8. The van der Waals surface area contributed by atoms with Crippen LogP contribution in [0, 0.1) is 11.3 Å². The minimum absolute atomic E-state index is 0.677. The highest BCUT2D eigenvalue weighted by atomic mass is 32.1. The van der Waals surface area contributed by atoms with Crippen LogP contribution in [0.15, 0.2) is 36.4 Å². The molecule has 0 spiro atoms. The molecule has 158 valence electrons. The van der Waals surface area contributed by atoms with E-state index in [9.17, 15) is 0 Å². The van der Waals surface area contributed by atoms with Crippen LogP contribution in [0.5, 0.6) is 5.75 Å². The fraction of sp³-hybridized carbons (Fsp3) is 0.364. The van der Waals surface area contributed by atoms with E-state index in [0.717, 1.165) is 60.3 Å². The van der Waals surface area contributed by atoms with Gasteiger partial charge in [0.1, 0.15) is 16.7 Å². The van der Waals surface area contributed by atoms with Gasteiger partial charge in [0, 0.05) is 24.4 Å². The number of nitrogens with one attached hydrogen (secondary N) is 3. The molecule has 0 amide bonds. The Hall–Kier alpha value is -3.02. The molecule has 2 heterocycles. The van der Waals surface area contributed by atoms with Crippen molar-refractivity contribution in [3.63, 3.8) is 0 Å². The molecule has 30 heavy (non-hydrogen) atoms. The van der Waals surface area contributed by atoms with Gasteiger partial charge in [-0.25, -0.2) is 0 Å². The van der Waals surface area contributed by atoms with Crippen LogP contribution in [0.2, 0.25) is 0 Å². The topological polar surface area (TPSA) is 89.0 Å². The Morgan fingerprint density at radius 3 is 2.73 bits per heavy atom. The molecule has 3 rings (SSSR count).